The summed E-state index contributed by atoms with van der Waals surface area (Å²) in [4.78, 5) is 21.1. The molecule has 0 saturated carbocycles. The lowest BCUT2D eigenvalue weighted by Gasteiger charge is -2.13. The molecule has 2 aromatic heterocycles. The molecular weight excluding hydrogens is 337 g/mol. The van der Waals surface area contributed by atoms with Crippen LogP contribution in [-0.2, 0) is 19.1 Å². The lowest BCUT2D eigenvalue weighted by molar-refractivity contribution is -0.140. The number of carbonyl (C=O) groups excluding carboxylic acids is 1. The molecule has 0 radical (unpaired) electrons. The van der Waals surface area contributed by atoms with Crippen LogP contribution < -0.4 is 5.73 Å². The van der Waals surface area contributed by atoms with Crippen LogP contribution in [0.25, 0.3) is 0 Å². The van der Waals surface area contributed by atoms with E-state index in [1.165, 1.54) is 23.3 Å². The maximum absolute atomic E-state index is 12.5. The molecule has 0 aliphatic heterocycles. The molecule has 2 heterocycles. The van der Waals surface area contributed by atoms with Crippen molar-refractivity contribution in [3.8, 4) is 0 Å². The molecular formula is C12H13F3N4OS2. The minimum absolute atomic E-state index is 0.00330. The van der Waals surface area contributed by atoms with E-state index in [4.69, 9.17) is 5.73 Å². The lowest BCUT2D eigenvalue weighted by Crippen LogP contribution is -2.26. The Morgan fingerprint density at radius 3 is 2.55 bits per heavy atom. The van der Waals surface area contributed by atoms with Gasteiger partial charge >= 0.3 is 6.18 Å². The van der Waals surface area contributed by atoms with Gasteiger partial charge < -0.3 is 10.6 Å². The van der Waals surface area contributed by atoms with Crippen LogP contribution in [0.3, 0.4) is 0 Å². The number of halogens is 3. The van der Waals surface area contributed by atoms with E-state index in [-0.39, 0.29) is 23.2 Å². The van der Waals surface area contributed by atoms with E-state index in [0.29, 0.717) is 13.0 Å². The molecule has 0 aromatic carbocycles. The van der Waals surface area contributed by atoms with Gasteiger partial charge in [-0.05, 0) is 6.54 Å². The predicted molar refractivity (Wildman–Crippen MR) is 77.8 cm³/mol. The Hall–Kier alpha value is -1.52. The van der Waals surface area contributed by atoms with E-state index in [1.54, 1.807) is 5.38 Å². The minimum atomic E-state index is -4.47. The monoisotopic (exact) mass is 350 g/mol. The highest BCUT2D eigenvalue weighted by molar-refractivity contribution is 7.10. The normalized spacial score (nSPS) is 11.7. The molecule has 0 spiro atoms. The Bertz CT molecular complexity index is 653. The van der Waals surface area contributed by atoms with Crippen LogP contribution in [0.4, 0.5) is 13.2 Å². The van der Waals surface area contributed by atoms with Gasteiger partial charge in [-0.3, -0.25) is 4.79 Å². The van der Waals surface area contributed by atoms with Crippen molar-refractivity contribution in [2.75, 3.05) is 13.6 Å². The number of carbonyl (C=O) groups is 1. The van der Waals surface area contributed by atoms with Crippen molar-refractivity contribution in [2.24, 2.45) is 5.73 Å². The molecule has 0 saturated heterocycles. The zero-order valence-electron chi connectivity index (χ0n) is 11.6. The molecule has 0 aliphatic carbocycles. The highest BCUT2D eigenvalue weighted by atomic mass is 32.1. The van der Waals surface area contributed by atoms with Gasteiger partial charge in [0.15, 0.2) is 5.69 Å². The molecule has 0 unspecified atom stereocenters. The Balaban J connectivity index is 2.03. The maximum Gasteiger partial charge on any atom is 0.434 e. The second kappa shape index (κ2) is 6.71. The summed E-state index contributed by atoms with van der Waals surface area (Å²) < 4.78 is 37.4. The first-order chi connectivity index (χ1) is 10.3. The molecule has 5 nitrogen and oxygen atoms in total. The van der Waals surface area contributed by atoms with Crippen LogP contribution in [0, 0.1) is 0 Å². The predicted octanol–water partition coefficient (Wildman–Crippen LogP) is 2.39. The molecule has 2 N–H and O–H groups in total. The lowest BCUT2D eigenvalue weighted by atomic mass is 10.4. The maximum atomic E-state index is 12.5. The van der Waals surface area contributed by atoms with E-state index in [9.17, 15) is 18.0 Å². The summed E-state index contributed by atoms with van der Waals surface area (Å²) in [6.07, 6.45) is -3.88. The van der Waals surface area contributed by atoms with Gasteiger partial charge in [0.05, 0.1) is 11.6 Å². The summed E-state index contributed by atoms with van der Waals surface area (Å²) in [5.74, 6) is -0.358. The molecule has 0 atom stereocenters. The molecule has 22 heavy (non-hydrogen) atoms. The number of alkyl halides is 3. The van der Waals surface area contributed by atoms with Crippen molar-refractivity contribution in [1.29, 1.82) is 0 Å². The second-order valence-electron chi connectivity index (χ2n) is 4.45. The van der Waals surface area contributed by atoms with Crippen molar-refractivity contribution in [3.63, 3.8) is 0 Å². The van der Waals surface area contributed by atoms with E-state index >= 15 is 0 Å². The second-order valence-corrected chi connectivity index (χ2v) is 6.34. The van der Waals surface area contributed by atoms with Gasteiger partial charge in [-0.1, -0.05) is 0 Å². The number of nitrogens with two attached hydrogens (primary N) is 1. The van der Waals surface area contributed by atoms with E-state index in [1.807, 2.05) is 0 Å². The number of amides is 1. The molecule has 120 valence electrons. The van der Waals surface area contributed by atoms with Gasteiger partial charge in [-0.2, -0.15) is 13.2 Å². The standard InChI is InChI=1S/C12H13F3N4OS2/c1-19(4-10-18-8(6-22-10)12(13,14)15)11(20)7-5-21-9(17-7)2-3-16/h5-6H,2-4,16H2,1H3. The Kier molecular flexibility index (Phi) is 5.14. The fourth-order valence-corrected chi connectivity index (χ4v) is 3.27. The van der Waals surface area contributed by atoms with Crippen LogP contribution in [-0.4, -0.2) is 34.4 Å². The molecule has 2 rings (SSSR count). The minimum Gasteiger partial charge on any atom is -0.334 e. The van der Waals surface area contributed by atoms with Crippen molar-refractivity contribution in [3.05, 3.63) is 32.2 Å². The number of rotatable bonds is 5. The molecule has 1 amide bonds. The quantitative estimate of drug-likeness (QED) is 0.899. The topological polar surface area (TPSA) is 72.1 Å². The highest BCUT2D eigenvalue weighted by Gasteiger charge is 2.33. The Morgan fingerprint density at radius 2 is 1.95 bits per heavy atom. The van der Waals surface area contributed by atoms with Crippen molar-refractivity contribution >= 4 is 28.6 Å². The van der Waals surface area contributed by atoms with Crippen molar-refractivity contribution in [2.45, 2.75) is 19.1 Å². The van der Waals surface area contributed by atoms with Gasteiger partial charge in [0.25, 0.3) is 5.91 Å². The van der Waals surface area contributed by atoms with Crippen molar-refractivity contribution in [1.82, 2.24) is 14.9 Å². The first kappa shape index (κ1) is 16.8. The molecule has 0 aliphatic rings. The van der Waals surface area contributed by atoms with Crippen LogP contribution in [0.5, 0.6) is 0 Å². The van der Waals surface area contributed by atoms with Crippen molar-refractivity contribution < 1.29 is 18.0 Å². The average Bonchev–Trinajstić information content (AvgIpc) is 3.07. The zero-order chi connectivity index (χ0) is 16.3. The number of aromatic nitrogens is 2. The van der Waals surface area contributed by atoms with Gasteiger partial charge in [-0.15, -0.1) is 22.7 Å². The van der Waals surface area contributed by atoms with Gasteiger partial charge in [-0.25, -0.2) is 9.97 Å². The number of nitrogens with zero attached hydrogens (tertiary/aromatic N) is 3. The van der Waals surface area contributed by atoms with E-state index in [0.717, 1.165) is 21.7 Å². The Labute approximate surface area is 132 Å². The van der Waals surface area contributed by atoms with Crippen LogP contribution in [0.1, 0.15) is 26.2 Å². The fourth-order valence-electron chi connectivity index (χ4n) is 1.63. The average molecular weight is 350 g/mol. The van der Waals surface area contributed by atoms with E-state index in [2.05, 4.69) is 9.97 Å². The summed E-state index contributed by atoms with van der Waals surface area (Å²) in [5.41, 5.74) is 4.75. The third-order valence-electron chi connectivity index (χ3n) is 2.69. The summed E-state index contributed by atoms with van der Waals surface area (Å²) in [6.45, 7) is 0.444. The summed E-state index contributed by atoms with van der Waals surface area (Å²) in [5, 5.41) is 3.54. The SMILES string of the molecule is CN(Cc1nc(C(F)(F)F)cs1)C(=O)c1csc(CCN)n1. The first-order valence-corrected chi connectivity index (χ1v) is 7.98. The number of thiazole rings is 2. The molecule has 10 heteroatoms. The highest BCUT2D eigenvalue weighted by Crippen LogP contribution is 2.30. The first-order valence-electron chi connectivity index (χ1n) is 6.22. The molecule has 2 aromatic rings. The molecule has 0 bridgehead atoms. The Morgan fingerprint density at radius 1 is 1.27 bits per heavy atom. The van der Waals surface area contributed by atoms with Crippen LogP contribution in [0.2, 0.25) is 0 Å². The van der Waals surface area contributed by atoms with E-state index < -0.39 is 11.9 Å². The smallest absolute Gasteiger partial charge is 0.334 e. The van der Waals surface area contributed by atoms with Gasteiger partial charge in [0.1, 0.15) is 10.7 Å². The summed E-state index contributed by atoms with van der Waals surface area (Å²) >= 11 is 2.20. The summed E-state index contributed by atoms with van der Waals surface area (Å²) in [7, 11) is 1.50. The number of hydrogen-bond donors (Lipinski definition) is 1. The number of hydrogen-bond acceptors (Lipinski definition) is 6. The van der Waals surface area contributed by atoms with Crippen LogP contribution in [0.15, 0.2) is 10.8 Å². The molecule has 0 fully saturated rings. The fraction of sp³-hybridized carbons (Fsp3) is 0.417. The van der Waals surface area contributed by atoms with Crippen LogP contribution >= 0.6 is 22.7 Å². The largest absolute Gasteiger partial charge is 0.434 e. The van der Waals surface area contributed by atoms with Gasteiger partial charge in [0.2, 0.25) is 0 Å². The third kappa shape index (κ3) is 4.02. The third-order valence-corrected chi connectivity index (χ3v) is 4.43. The summed E-state index contributed by atoms with van der Waals surface area (Å²) in [6, 6.07) is 0. The zero-order valence-corrected chi connectivity index (χ0v) is 13.2. The van der Waals surface area contributed by atoms with Gasteiger partial charge in [0, 0.05) is 24.2 Å².